The van der Waals surface area contributed by atoms with Gasteiger partial charge < -0.3 is 9.84 Å². The summed E-state index contributed by atoms with van der Waals surface area (Å²) in [6.45, 7) is 0. The number of ether oxygens (including phenoxy) is 1. The van der Waals surface area contributed by atoms with Gasteiger partial charge in [0.25, 0.3) is 0 Å². The van der Waals surface area contributed by atoms with E-state index in [-0.39, 0.29) is 16.5 Å². The molecule has 0 aliphatic carbocycles. The number of hydrogen-bond acceptors (Lipinski definition) is 6. The van der Waals surface area contributed by atoms with Gasteiger partial charge in [-0.2, -0.15) is 0 Å². The Morgan fingerprint density at radius 2 is 1.95 bits per heavy atom. The lowest BCUT2D eigenvalue weighted by Crippen LogP contribution is -2.07. The Hall–Kier alpha value is -1.99. The van der Waals surface area contributed by atoms with Crippen molar-refractivity contribution in [2.45, 2.75) is 11.0 Å². The maximum absolute atomic E-state index is 11.5. The van der Waals surface area contributed by atoms with Crippen molar-refractivity contribution in [3.8, 4) is 5.88 Å². The van der Waals surface area contributed by atoms with E-state index in [0.29, 0.717) is 5.56 Å². The normalized spacial score (nSPS) is 12.9. The molecule has 0 fully saturated rings. The van der Waals surface area contributed by atoms with Crippen molar-refractivity contribution in [1.29, 1.82) is 0 Å². The number of rotatable bonds is 4. The zero-order chi connectivity index (χ0) is 14.8. The molecule has 6 nitrogen and oxygen atoms in total. The van der Waals surface area contributed by atoms with Gasteiger partial charge in [-0.3, -0.25) is 4.98 Å². The number of nitrogens with zero attached hydrogens (tertiary/aromatic N) is 2. The molecule has 7 heteroatoms. The molecule has 1 aromatic carbocycles. The molecule has 1 heterocycles. The van der Waals surface area contributed by atoms with Crippen LogP contribution in [0.3, 0.4) is 0 Å². The Labute approximate surface area is 117 Å². The number of sulfone groups is 1. The smallest absolute Gasteiger partial charge is 0.238 e. The molecule has 0 aliphatic heterocycles. The van der Waals surface area contributed by atoms with Crippen molar-refractivity contribution in [3.63, 3.8) is 0 Å². The van der Waals surface area contributed by atoms with Crippen LogP contribution < -0.4 is 4.74 Å². The summed E-state index contributed by atoms with van der Waals surface area (Å²) < 4.78 is 28.1. The van der Waals surface area contributed by atoms with E-state index >= 15 is 0 Å². The first-order chi connectivity index (χ1) is 9.43. The fourth-order valence-electron chi connectivity index (χ4n) is 1.75. The van der Waals surface area contributed by atoms with Crippen molar-refractivity contribution in [2.24, 2.45) is 0 Å². The molecule has 2 rings (SSSR count). The summed E-state index contributed by atoms with van der Waals surface area (Å²) >= 11 is 0. The summed E-state index contributed by atoms with van der Waals surface area (Å²) in [5.41, 5.74) is 0.646. The highest BCUT2D eigenvalue weighted by atomic mass is 32.2. The summed E-state index contributed by atoms with van der Waals surface area (Å²) in [4.78, 5) is 8.12. The molecule has 20 heavy (non-hydrogen) atoms. The maximum Gasteiger partial charge on any atom is 0.238 e. The van der Waals surface area contributed by atoms with Crippen molar-refractivity contribution in [2.75, 3.05) is 13.4 Å². The van der Waals surface area contributed by atoms with Gasteiger partial charge in [-0.15, -0.1) is 0 Å². The summed E-state index contributed by atoms with van der Waals surface area (Å²) in [6, 6.07) is 6.07. The summed E-state index contributed by atoms with van der Waals surface area (Å²) in [5, 5.41) is 10.3. The molecule has 1 unspecified atom stereocenters. The van der Waals surface area contributed by atoms with E-state index < -0.39 is 15.9 Å². The van der Waals surface area contributed by atoms with Gasteiger partial charge in [0.15, 0.2) is 9.84 Å². The molecule has 106 valence electrons. The molecule has 1 aromatic heterocycles. The zero-order valence-electron chi connectivity index (χ0n) is 11.0. The van der Waals surface area contributed by atoms with E-state index in [1.54, 1.807) is 12.1 Å². The SMILES string of the molecule is COc1nccnc1C(O)c1cccc(S(C)(=O)=O)c1. The molecule has 0 amide bonds. The van der Waals surface area contributed by atoms with Crippen molar-refractivity contribution >= 4 is 9.84 Å². The molecule has 0 radical (unpaired) electrons. The predicted octanol–water partition coefficient (Wildman–Crippen LogP) is 0.970. The van der Waals surface area contributed by atoms with Gasteiger partial charge >= 0.3 is 0 Å². The van der Waals surface area contributed by atoms with Gasteiger partial charge in [0.1, 0.15) is 11.8 Å². The average Bonchev–Trinajstić information content (AvgIpc) is 2.45. The Morgan fingerprint density at radius 3 is 2.60 bits per heavy atom. The van der Waals surface area contributed by atoms with Crippen LogP contribution >= 0.6 is 0 Å². The lowest BCUT2D eigenvalue weighted by atomic mass is 10.1. The number of aliphatic hydroxyl groups is 1. The van der Waals surface area contributed by atoms with Crippen LogP contribution in [0.5, 0.6) is 5.88 Å². The van der Waals surface area contributed by atoms with Gasteiger partial charge in [0.05, 0.1) is 12.0 Å². The van der Waals surface area contributed by atoms with Crippen LogP contribution in [-0.2, 0) is 9.84 Å². The Balaban J connectivity index is 2.46. The van der Waals surface area contributed by atoms with Crippen LogP contribution in [0.15, 0.2) is 41.6 Å². The van der Waals surface area contributed by atoms with Crippen molar-refractivity contribution < 1.29 is 18.3 Å². The van der Waals surface area contributed by atoms with Gasteiger partial charge in [0, 0.05) is 18.6 Å². The molecule has 0 bridgehead atoms. The highest BCUT2D eigenvalue weighted by molar-refractivity contribution is 7.90. The quantitative estimate of drug-likeness (QED) is 0.903. The highest BCUT2D eigenvalue weighted by Crippen LogP contribution is 2.27. The largest absolute Gasteiger partial charge is 0.480 e. The topological polar surface area (TPSA) is 89.4 Å². The molecule has 1 atom stereocenters. The summed E-state index contributed by atoms with van der Waals surface area (Å²) in [7, 11) is -1.91. The first-order valence-corrected chi connectivity index (χ1v) is 7.65. The Bertz CT molecular complexity index is 716. The predicted molar refractivity (Wildman–Crippen MR) is 72.2 cm³/mol. The van der Waals surface area contributed by atoms with Crippen LogP contribution in [-0.4, -0.2) is 36.9 Å². The molecule has 0 aliphatic rings. The monoisotopic (exact) mass is 294 g/mol. The third kappa shape index (κ3) is 2.94. The highest BCUT2D eigenvalue weighted by Gasteiger charge is 2.19. The standard InChI is InChI=1S/C13H14N2O4S/c1-19-13-11(14-6-7-15-13)12(16)9-4-3-5-10(8-9)20(2,17)18/h3-8,12,16H,1-2H3. The average molecular weight is 294 g/mol. The van der Waals surface area contributed by atoms with Crippen LogP contribution in [0.25, 0.3) is 0 Å². The van der Waals surface area contributed by atoms with Gasteiger partial charge in [0.2, 0.25) is 5.88 Å². The van der Waals surface area contributed by atoms with Gasteiger partial charge in [-0.25, -0.2) is 13.4 Å². The van der Waals surface area contributed by atoms with Gasteiger partial charge in [-0.05, 0) is 17.7 Å². The summed E-state index contributed by atoms with van der Waals surface area (Å²) in [5.74, 6) is 0.199. The van der Waals surface area contributed by atoms with Crippen LogP contribution in [0.4, 0.5) is 0 Å². The molecule has 0 saturated carbocycles. The number of aliphatic hydroxyl groups excluding tert-OH is 1. The number of methoxy groups -OCH3 is 1. The lowest BCUT2D eigenvalue weighted by molar-refractivity contribution is 0.207. The van der Waals surface area contributed by atoms with Crippen molar-refractivity contribution in [1.82, 2.24) is 9.97 Å². The number of aromatic nitrogens is 2. The second-order valence-electron chi connectivity index (χ2n) is 4.20. The first-order valence-electron chi connectivity index (χ1n) is 5.76. The summed E-state index contributed by atoms with van der Waals surface area (Å²) in [6.07, 6.45) is 2.88. The lowest BCUT2D eigenvalue weighted by Gasteiger charge is -2.13. The molecule has 1 N–H and O–H groups in total. The number of benzene rings is 1. The third-order valence-corrected chi connectivity index (χ3v) is 3.86. The molecule has 0 spiro atoms. The van der Waals surface area contributed by atoms with E-state index in [2.05, 4.69) is 9.97 Å². The first kappa shape index (κ1) is 14.4. The van der Waals surface area contributed by atoms with Gasteiger partial charge in [-0.1, -0.05) is 12.1 Å². The molecular weight excluding hydrogens is 280 g/mol. The fraction of sp³-hybridized carbons (Fsp3) is 0.231. The molecular formula is C13H14N2O4S. The van der Waals surface area contributed by atoms with Crippen LogP contribution in [0.2, 0.25) is 0 Å². The molecule has 2 aromatic rings. The zero-order valence-corrected chi connectivity index (χ0v) is 11.8. The Kier molecular flexibility index (Phi) is 4.01. The van der Waals surface area contributed by atoms with Crippen molar-refractivity contribution in [3.05, 3.63) is 47.9 Å². The van der Waals surface area contributed by atoms with E-state index in [4.69, 9.17) is 4.74 Å². The van der Waals surface area contributed by atoms with E-state index in [0.717, 1.165) is 6.26 Å². The van der Waals surface area contributed by atoms with E-state index in [1.807, 2.05) is 0 Å². The third-order valence-electron chi connectivity index (χ3n) is 2.75. The second kappa shape index (κ2) is 5.56. The second-order valence-corrected chi connectivity index (χ2v) is 6.21. The maximum atomic E-state index is 11.5. The minimum atomic E-state index is -3.34. The van der Waals surface area contributed by atoms with Crippen LogP contribution in [0.1, 0.15) is 17.4 Å². The van der Waals surface area contributed by atoms with E-state index in [1.165, 1.54) is 31.6 Å². The van der Waals surface area contributed by atoms with E-state index in [9.17, 15) is 13.5 Å². The number of hydrogen-bond donors (Lipinski definition) is 1. The minimum absolute atomic E-state index is 0.136. The minimum Gasteiger partial charge on any atom is -0.480 e. The van der Waals surface area contributed by atoms with Crippen LogP contribution in [0, 0.1) is 0 Å². The molecule has 0 saturated heterocycles. The fourth-order valence-corrected chi connectivity index (χ4v) is 2.43. The Morgan fingerprint density at radius 1 is 1.25 bits per heavy atom.